The van der Waals surface area contributed by atoms with Crippen LogP contribution in [0.25, 0.3) is 11.5 Å². The van der Waals surface area contributed by atoms with Gasteiger partial charge in [-0.05, 0) is 37.1 Å². The van der Waals surface area contributed by atoms with E-state index in [1.54, 1.807) is 36.6 Å². The number of ether oxygens (including phenoxy) is 1. The van der Waals surface area contributed by atoms with Crippen molar-refractivity contribution in [2.45, 2.75) is 24.3 Å². The Labute approximate surface area is 172 Å². The highest BCUT2D eigenvalue weighted by Gasteiger charge is 2.20. The summed E-state index contributed by atoms with van der Waals surface area (Å²) in [4.78, 5) is 27.4. The van der Waals surface area contributed by atoms with Crippen molar-refractivity contribution in [1.29, 1.82) is 0 Å². The second kappa shape index (κ2) is 9.00. The first kappa shape index (κ1) is 19.3. The van der Waals surface area contributed by atoms with Crippen LogP contribution in [0.1, 0.15) is 28.9 Å². The minimum Gasteiger partial charge on any atom is -0.461 e. The van der Waals surface area contributed by atoms with E-state index in [-0.39, 0.29) is 12.5 Å². The smallest absolute Gasteiger partial charge is 0.339 e. The lowest BCUT2D eigenvalue weighted by atomic mass is 10.2. The molecule has 8 heteroatoms. The molecule has 1 aliphatic rings. The van der Waals surface area contributed by atoms with E-state index in [1.165, 1.54) is 11.8 Å². The van der Waals surface area contributed by atoms with Gasteiger partial charge in [-0.1, -0.05) is 17.3 Å². The van der Waals surface area contributed by atoms with E-state index in [9.17, 15) is 9.59 Å². The summed E-state index contributed by atoms with van der Waals surface area (Å²) in [5, 5.41) is 3.90. The quantitative estimate of drug-likeness (QED) is 0.428. The van der Waals surface area contributed by atoms with Crippen molar-refractivity contribution in [2.75, 3.05) is 18.8 Å². The van der Waals surface area contributed by atoms with Crippen molar-refractivity contribution in [3.05, 3.63) is 60.0 Å². The first-order chi connectivity index (χ1) is 14.2. The number of thioether (sulfide) groups is 1. The summed E-state index contributed by atoms with van der Waals surface area (Å²) in [5.74, 6) is 0.963. The van der Waals surface area contributed by atoms with Gasteiger partial charge in [-0.2, -0.15) is 0 Å². The van der Waals surface area contributed by atoms with Gasteiger partial charge < -0.3 is 18.6 Å². The highest BCUT2D eigenvalue weighted by molar-refractivity contribution is 8.00. The van der Waals surface area contributed by atoms with Crippen molar-refractivity contribution >= 4 is 23.6 Å². The zero-order chi connectivity index (χ0) is 20.1. The summed E-state index contributed by atoms with van der Waals surface area (Å²) in [6, 6.07) is 12.3. The SMILES string of the molecule is O=C(OCc1cc(-c2ccco2)on1)c1ccccc1SCC(=O)N1CCCC1. The van der Waals surface area contributed by atoms with Crippen LogP contribution in [0.4, 0.5) is 0 Å². The maximum atomic E-state index is 12.6. The summed E-state index contributed by atoms with van der Waals surface area (Å²) in [7, 11) is 0. The second-order valence-corrected chi connectivity index (χ2v) is 7.63. The number of esters is 1. The molecule has 1 aliphatic heterocycles. The van der Waals surface area contributed by atoms with Crippen molar-refractivity contribution < 1.29 is 23.3 Å². The van der Waals surface area contributed by atoms with Crippen molar-refractivity contribution in [2.24, 2.45) is 0 Å². The van der Waals surface area contributed by atoms with E-state index >= 15 is 0 Å². The third-order valence-corrected chi connectivity index (χ3v) is 5.65. The molecule has 0 atom stereocenters. The first-order valence-electron chi connectivity index (χ1n) is 9.37. The summed E-state index contributed by atoms with van der Waals surface area (Å²) in [5.41, 5.74) is 0.917. The van der Waals surface area contributed by atoms with Gasteiger partial charge >= 0.3 is 5.97 Å². The molecule has 2 aromatic heterocycles. The number of amides is 1. The molecule has 3 aromatic rings. The number of benzene rings is 1. The summed E-state index contributed by atoms with van der Waals surface area (Å²) >= 11 is 1.36. The summed E-state index contributed by atoms with van der Waals surface area (Å²) < 4.78 is 15.8. The van der Waals surface area contributed by atoms with E-state index in [0.29, 0.717) is 28.5 Å². The normalized spacial score (nSPS) is 13.6. The number of carbonyl (C=O) groups is 2. The lowest BCUT2D eigenvalue weighted by molar-refractivity contribution is -0.127. The second-order valence-electron chi connectivity index (χ2n) is 6.61. The number of hydrogen-bond acceptors (Lipinski definition) is 7. The Kier molecular flexibility index (Phi) is 6.00. The van der Waals surface area contributed by atoms with Crippen LogP contribution in [0.15, 0.2) is 62.6 Å². The van der Waals surface area contributed by atoms with Gasteiger partial charge in [0.25, 0.3) is 0 Å². The molecule has 1 amide bonds. The van der Waals surface area contributed by atoms with Crippen LogP contribution in [-0.4, -0.2) is 40.8 Å². The number of hydrogen-bond donors (Lipinski definition) is 0. The molecule has 0 radical (unpaired) electrons. The molecule has 0 N–H and O–H groups in total. The monoisotopic (exact) mass is 412 g/mol. The summed E-state index contributed by atoms with van der Waals surface area (Å²) in [6.45, 7) is 1.62. The Hall–Kier alpha value is -3.00. The highest BCUT2D eigenvalue weighted by atomic mass is 32.2. The summed E-state index contributed by atoms with van der Waals surface area (Å²) in [6.07, 6.45) is 3.66. The van der Waals surface area contributed by atoms with Gasteiger partial charge in [-0.15, -0.1) is 11.8 Å². The number of likely N-dealkylation sites (tertiary alicyclic amines) is 1. The van der Waals surface area contributed by atoms with Gasteiger partial charge in [-0.25, -0.2) is 4.79 Å². The van der Waals surface area contributed by atoms with Crippen LogP contribution in [-0.2, 0) is 16.1 Å². The van der Waals surface area contributed by atoms with Gasteiger partial charge in [-0.3, -0.25) is 4.79 Å². The Morgan fingerprint density at radius 3 is 2.72 bits per heavy atom. The molecule has 29 heavy (non-hydrogen) atoms. The molecule has 7 nitrogen and oxygen atoms in total. The third kappa shape index (κ3) is 4.71. The van der Waals surface area contributed by atoms with E-state index < -0.39 is 5.97 Å². The molecule has 150 valence electrons. The maximum Gasteiger partial charge on any atom is 0.339 e. The Bertz CT molecular complexity index is 977. The lowest BCUT2D eigenvalue weighted by Crippen LogP contribution is -2.29. The molecule has 0 saturated carbocycles. The van der Waals surface area contributed by atoms with Gasteiger partial charge in [0.2, 0.25) is 11.7 Å². The van der Waals surface area contributed by atoms with Gasteiger partial charge in [0, 0.05) is 24.1 Å². The number of carbonyl (C=O) groups excluding carboxylic acids is 2. The van der Waals surface area contributed by atoms with E-state index in [0.717, 1.165) is 30.8 Å². The molecule has 4 rings (SSSR count). The van der Waals surface area contributed by atoms with E-state index in [1.807, 2.05) is 17.0 Å². The number of rotatable bonds is 7. The van der Waals surface area contributed by atoms with Crippen LogP contribution in [0.5, 0.6) is 0 Å². The molecule has 3 heterocycles. The zero-order valence-corrected chi connectivity index (χ0v) is 16.5. The van der Waals surface area contributed by atoms with Gasteiger partial charge in [0.15, 0.2) is 5.76 Å². The predicted octanol–water partition coefficient (Wildman–Crippen LogP) is 4.01. The molecular formula is C21H20N2O5S. The van der Waals surface area contributed by atoms with Crippen LogP contribution >= 0.6 is 11.8 Å². The fourth-order valence-corrected chi connectivity index (χ4v) is 4.03. The largest absolute Gasteiger partial charge is 0.461 e. The van der Waals surface area contributed by atoms with Crippen molar-refractivity contribution in [3.63, 3.8) is 0 Å². The molecule has 1 aromatic carbocycles. The lowest BCUT2D eigenvalue weighted by Gasteiger charge is -2.15. The van der Waals surface area contributed by atoms with Crippen LogP contribution < -0.4 is 0 Å². The van der Waals surface area contributed by atoms with Crippen molar-refractivity contribution in [1.82, 2.24) is 10.1 Å². The number of nitrogens with zero attached hydrogens (tertiary/aromatic N) is 2. The third-order valence-electron chi connectivity index (χ3n) is 4.59. The first-order valence-corrected chi connectivity index (χ1v) is 10.4. The predicted molar refractivity (Wildman–Crippen MR) is 106 cm³/mol. The van der Waals surface area contributed by atoms with Gasteiger partial charge in [0.05, 0.1) is 17.6 Å². The topological polar surface area (TPSA) is 85.8 Å². The van der Waals surface area contributed by atoms with Gasteiger partial charge in [0.1, 0.15) is 12.3 Å². The molecular weight excluding hydrogens is 392 g/mol. The van der Waals surface area contributed by atoms with E-state index in [2.05, 4.69) is 5.16 Å². The minimum absolute atomic E-state index is 0.0191. The molecule has 0 aliphatic carbocycles. The Balaban J connectivity index is 1.35. The number of aromatic nitrogens is 1. The number of furan rings is 1. The maximum absolute atomic E-state index is 12.6. The standard InChI is InChI=1S/C21H20N2O5S/c24-20(23-9-3-4-10-23)14-29-19-8-2-1-6-16(19)21(25)27-13-15-12-18(28-22-15)17-7-5-11-26-17/h1-2,5-8,11-12H,3-4,9-10,13-14H2. The molecule has 1 saturated heterocycles. The molecule has 1 fully saturated rings. The van der Waals surface area contributed by atoms with Crippen LogP contribution in [0.2, 0.25) is 0 Å². The molecule has 0 bridgehead atoms. The van der Waals surface area contributed by atoms with E-state index in [4.69, 9.17) is 13.7 Å². The highest BCUT2D eigenvalue weighted by Crippen LogP contribution is 2.25. The Morgan fingerprint density at radius 2 is 1.93 bits per heavy atom. The zero-order valence-electron chi connectivity index (χ0n) is 15.7. The average molecular weight is 412 g/mol. The molecule has 0 spiro atoms. The average Bonchev–Trinajstić information content (AvgIpc) is 3.51. The van der Waals surface area contributed by atoms with Crippen LogP contribution in [0, 0.1) is 0 Å². The fourth-order valence-electron chi connectivity index (χ4n) is 3.09. The van der Waals surface area contributed by atoms with Crippen LogP contribution in [0.3, 0.4) is 0 Å². The molecule has 0 unspecified atom stereocenters. The fraction of sp³-hybridized carbons (Fsp3) is 0.286. The van der Waals surface area contributed by atoms with Crippen molar-refractivity contribution in [3.8, 4) is 11.5 Å². The minimum atomic E-state index is -0.468. The Morgan fingerprint density at radius 1 is 1.10 bits per heavy atom.